The number of nitrogens with one attached hydrogen (secondary N) is 2. The molecule has 5 saturated carbocycles. The van der Waals surface area contributed by atoms with E-state index in [4.69, 9.17) is 9.47 Å². The summed E-state index contributed by atoms with van der Waals surface area (Å²) in [5, 5.41) is 54.5. The third-order valence-corrected chi connectivity index (χ3v) is 25.0. The Balaban J connectivity index is 1.04. The van der Waals surface area contributed by atoms with Gasteiger partial charge in [-0.2, -0.15) is 0 Å². The molecule has 15 atom stereocenters. The number of allylic oxidation sites excluding steroid dienone is 1. The van der Waals surface area contributed by atoms with Crippen molar-refractivity contribution in [2.45, 2.75) is 218 Å². The van der Waals surface area contributed by atoms with Crippen LogP contribution < -0.4 is 5.32 Å². The van der Waals surface area contributed by atoms with Crippen LogP contribution in [-0.2, 0) is 42.4 Å². The van der Waals surface area contributed by atoms with Crippen LogP contribution in [0.25, 0.3) is 11.0 Å². The van der Waals surface area contributed by atoms with E-state index >= 15 is 9.59 Å². The molecular formula is C67H89N3O9. The number of hydrogen-bond acceptors (Lipinski definition) is 10. The molecule has 3 aliphatic heterocycles. The van der Waals surface area contributed by atoms with Gasteiger partial charge in [-0.25, -0.2) is 0 Å². The monoisotopic (exact) mass is 1080 g/mol. The second-order valence-corrected chi connectivity index (χ2v) is 29.1. The molecule has 79 heavy (non-hydrogen) atoms. The summed E-state index contributed by atoms with van der Waals surface area (Å²) in [6.45, 7) is 15.1. The van der Waals surface area contributed by atoms with E-state index in [1.807, 2.05) is 20.9 Å². The number of fused-ring (bicyclic) bond motifs is 4. The Bertz CT molecular complexity index is 3070. The summed E-state index contributed by atoms with van der Waals surface area (Å²) >= 11 is 0. The van der Waals surface area contributed by atoms with Crippen LogP contribution >= 0.6 is 0 Å². The van der Waals surface area contributed by atoms with E-state index in [0.717, 1.165) is 82.8 Å². The number of epoxide rings is 1. The predicted molar refractivity (Wildman–Crippen MR) is 302 cm³/mol. The highest BCUT2D eigenvalue weighted by molar-refractivity contribution is 6.02. The summed E-state index contributed by atoms with van der Waals surface area (Å²) in [6.07, 6.45) is 15.6. The highest BCUT2D eigenvalue weighted by Crippen LogP contribution is 2.81. The Kier molecular flexibility index (Phi) is 12.9. The molecule has 2 aromatic heterocycles. The molecule has 2 saturated heterocycles. The van der Waals surface area contributed by atoms with E-state index < -0.39 is 79.8 Å². The summed E-state index contributed by atoms with van der Waals surface area (Å²) < 4.78 is 14.3. The van der Waals surface area contributed by atoms with Gasteiger partial charge in [0.2, 0.25) is 0 Å². The van der Waals surface area contributed by atoms with E-state index in [1.54, 1.807) is 0 Å². The lowest BCUT2D eigenvalue weighted by Gasteiger charge is -2.74. The molecule has 3 aromatic rings. The summed E-state index contributed by atoms with van der Waals surface area (Å²) in [4.78, 5) is 49.2. The number of aliphatic hydroxyl groups excluding tert-OH is 3. The minimum atomic E-state index is -1.08. The number of rotatable bonds is 11. The van der Waals surface area contributed by atoms with E-state index in [2.05, 4.69) is 85.0 Å². The molecule has 12 nitrogen and oxygen atoms in total. The Hall–Kier alpha value is -3.93. The van der Waals surface area contributed by atoms with Crippen molar-refractivity contribution in [2.24, 2.45) is 56.2 Å². The van der Waals surface area contributed by atoms with Gasteiger partial charge in [0.1, 0.15) is 18.2 Å². The fourth-order valence-corrected chi connectivity index (χ4v) is 20.8. The standard InChI is InChI=1S/C67H89N3O9/c1-60(2)59(79-60)50(74)32-62(4)43-15-11-12-18-66-20-17-51-61(3,21-24-68-7)52(75)34-65(19-16-45(72)31-65)64(51,6)58(66)57(76)47(53-54(62)49(73)33-63(53,66)5)37-70-36-46(55-56(70)42(30-43)35-69-55)48(38-71)41-27-40(39-13-9-8-10-14-39)28-44(29-41)67(77)22-25-78-26-23-67/h27-29,35-36,38-39,43,45,47-48,50-51,57-59,68-69,72,74,76-77H,8-10,13-26,30-34,37H2,1-7H3. The third kappa shape index (κ3) is 7.73. The minimum absolute atomic E-state index is 0.0894. The summed E-state index contributed by atoms with van der Waals surface area (Å²) in [6, 6.07) is 6.53. The number of aldehydes is 1. The zero-order valence-electron chi connectivity index (χ0n) is 48.3. The average Bonchev–Trinajstić information content (AvgIpc) is 3.67. The number of ether oxygens (including phenoxy) is 2. The second-order valence-electron chi connectivity index (χ2n) is 29.1. The van der Waals surface area contributed by atoms with Crippen LogP contribution in [0.2, 0.25) is 0 Å². The molecule has 2 spiro atoms. The number of nitrogens with zero attached hydrogens (tertiary/aromatic N) is 1. The molecule has 7 fully saturated rings. The Morgan fingerprint density at radius 2 is 1.70 bits per heavy atom. The maximum Gasteiger partial charge on any atom is 0.160 e. The molecule has 13 rings (SSSR count). The summed E-state index contributed by atoms with van der Waals surface area (Å²) in [5.41, 5.74) is 2.65. The van der Waals surface area contributed by atoms with Crippen LogP contribution in [0, 0.1) is 68.0 Å². The van der Waals surface area contributed by atoms with Gasteiger partial charge in [0.05, 0.1) is 46.5 Å². The number of benzene rings is 1. The first-order chi connectivity index (χ1) is 37.6. The molecule has 10 aliphatic rings. The summed E-state index contributed by atoms with van der Waals surface area (Å²) in [7, 11) is 1.95. The highest BCUT2D eigenvalue weighted by Gasteiger charge is 2.79. The van der Waals surface area contributed by atoms with Crippen molar-refractivity contribution in [3.8, 4) is 11.8 Å². The van der Waals surface area contributed by atoms with Gasteiger partial charge in [-0.1, -0.05) is 65.2 Å². The SMILES string of the molecule is CNCCC1(C)C(=O)CC2(CCC(O)C2)C2(C)C1CCC13CC#CCC4Cc5c[nH]c6c(C(C=O)c7cc(C8CCCCC8)cc(C8(O)CCOCC8)c7)cn(c56)CC(C5=C(C(=O)CC51C)C4(C)CC(O)C1OC1(C)C)C(O)C32. The van der Waals surface area contributed by atoms with Crippen LogP contribution in [-0.4, -0.2) is 105 Å². The van der Waals surface area contributed by atoms with Gasteiger partial charge >= 0.3 is 0 Å². The lowest BCUT2D eigenvalue weighted by Crippen LogP contribution is -2.73. The first kappa shape index (κ1) is 54.3. The van der Waals surface area contributed by atoms with E-state index in [1.165, 1.54) is 12.0 Å². The van der Waals surface area contributed by atoms with Crippen molar-refractivity contribution in [3.05, 3.63) is 69.6 Å². The zero-order valence-corrected chi connectivity index (χ0v) is 48.3. The van der Waals surface area contributed by atoms with E-state index in [-0.39, 0.29) is 35.9 Å². The van der Waals surface area contributed by atoms with Crippen molar-refractivity contribution in [2.75, 3.05) is 26.8 Å². The van der Waals surface area contributed by atoms with Crippen LogP contribution in [0.4, 0.5) is 0 Å². The maximum absolute atomic E-state index is 16.1. The number of aliphatic hydroxyl groups is 4. The van der Waals surface area contributed by atoms with Gasteiger partial charge < -0.3 is 49.6 Å². The fourth-order valence-electron chi connectivity index (χ4n) is 20.8. The van der Waals surface area contributed by atoms with Gasteiger partial charge in [-0.15, -0.1) is 11.8 Å². The van der Waals surface area contributed by atoms with Gasteiger partial charge in [-0.05, 0) is 159 Å². The van der Waals surface area contributed by atoms with Crippen molar-refractivity contribution in [3.63, 3.8) is 0 Å². The van der Waals surface area contributed by atoms with Crippen molar-refractivity contribution < 1.29 is 44.3 Å². The molecule has 6 N–H and O–H groups in total. The lowest BCUT2D eigenvalue weighted by molar-refractivity contribution is -0.266. The topological polar surface area (TPSA) is 187 Å². The predicted octanol–water partition coefficient (Wildman–Crippen LogP) is 9.66. The molecular weight excluding hydrogens is 991 g/mol. The number of carbonyl (C=O) groups is 3. The first-order valence-electron chi connectivity index (χ1n) is 30.9. The Morgan fingerprint density at radius 1 is 0.937 bits per heavy atom. The number of hydrogen-bond donors (Lipinski definition) is 6. The van der Waals surface area contributed by atoms with Gasteiger partial charge in [-0.3, -0.25) is 9.59 Å². The van der Waals surface area contributed by atoms with Gasteiger partial charge in [0.15, 0.2) is 5.78 Å². The minimum Gasteiger partial charge on any atom is -0.393 e. The number of H-pyrrole nitrogens is 1. The van der Waals surface area contributed by atoms with Crippen LogP contribution in [0.5, 0.6) is 0 Å². The smallest absolute Gasteiger partial charge is 0.160 e. The lowest BCUT2D eigenvalue weighted by atomic mass is 9.29. The number of Topliss-reactive ketones (excluding diaryl/α,β-unsaturated/α-hetero) is 2. The number of carbonyl (C=O) groups excluding carboxylic acids is 3. The van der Waals surface area contributed by atoms with Gasteiger partial charge in [0.25, 0.3) is 0 Å². The molecule has 5 bridgehead atoms. The Morgan fingerprint density at radius 3 is 2.39 bits per heavy atom. The molecule has 7 aliphatic carbocycles. The first-order valence-corrected chi connectivity index (χ1v) is 30.9. The largest absolute Gasteiger partial charge is 0.393 e. The van der Waals surface area contributed by atoms with Crippen molar-refractivity contribution >= 4 is 28.9 Å². The van der Waals surface area contributed by atoms with Crippen molar-refractivity contribution in [1.29, 1.82) is 0 Å². The molecule has 12 heteroatoms. The molecule has 15 unspecified atom stereocenters. The third-order valence-electron chi connectivity index (χ3n) is 25.0. The van der Waals surface area contributed by atoms with E-state index in [0.29, 0.717) is 109 Å². The van der Waals surface area contributed by atoms with Crippen LogP contribution in [0.3, 0.4) is 0 Å². The van der Waals surface area contributed by atoms with Crippen LogP contribution in [0.1, 0.15) is 197 Å². The van der Waals surface area contributed by atoms with Gasteiger partial charge in [0, 0.05) is 104 Å². The average molecular weight is 1080 g/mol. The molecule has 0 amide bonds. The van der Waals surface area contributed by atoms with E-state index in [9.17, 15) is 25.2 Å². The normalized spacial score (nSPS) is 41.0. The molecule has 5 heterocycles. The number of ketones is 2. The zero-order chi connectivity index (χ0) is 55.5. The summed E-state index contributed by atoms with van der Waals surface area (Å²) in [5.74, 6) is 6.37. The maximum atomic E-state index is 16.1. The number of aromatic nitrogens is 2. The second kappa shape index (κ2) is 18.8. The highest BCUT2D eigenvalue weighted by atomic mass is 16.6. The quantitative estimate of drug-likeness (QED) is 0.0614. The fraction of sp³-hybridized carbons (Fsp3) is 0.716. The van der Waals surface area contributed by atoms with Crippen LogP contribution in [0.15, 0.2) is 41.7 Å². The molecule has 426 valence electrons. The Labute approximate surface area is 468 Å². The molecule has 1 aromatic carbocycles. The number of aromatic amines is 1. The van der Waals surface area contributed by atoms with Crippen molar-refractivity contribution in [1.82, 2.24) is 14.9 Å². The molecule has 0 radical (unpaired) electrons.